The smallest absolute Gasteiger partial charge is 0.305 e. The second kappa shape index (κ2) is 19.0. The van der Waals surface area contributed by atoms with Crippen molar-refractivity contribution >= 4 is 11.9 Å². The van der Waals surface area contributed by atoms with Gasteiger partial charge in [-0.1, -0.05) is 64.4 Å². The molecule has 0 saturated carbocycles. The van der Waals surface area contributed by atoms with Crippen LogP contribution in [-0.2, 0) is 19.1 Å². The highest BCUT2D eigenvalue weighted by Crippen LogP contribution is 2.09. The van der Waals surface area contributed by atoms with E-state index in [1.165, 1.54) is 44.9 Å². The van der Waals surface area contributed by atoms with Crippen LogP contribution in [-0.4, -0.2) is 25.2 Å². The first-order valence-electron chi connectivity index (χ1n) is 10.1. The molecule has 0 aliphatic heterocycles. The minimum Gasteiger partial charge on any atom is -0.466 e. The van der Waals surface area contributed by atoms with Gasteiger partial charge in [-0.25, -0.2) is 0 Å². The van der Waals surface area contributed by atoms with E-state index in [0.29, 0.717) is 26.1 Å². The maximum Gasteiger partial charge on any atom is 0.305 e. The number of unbranched alkanes of at least 4 members (excludes halogenated alkanes) is 9. The van der Waals surface area contributed by atoms with Gasteiger partial charge in [0.2, 0.25) is 0 Å². The van der Waals surface area contributed by atoms with E-state index in [2.05, 4.69) is 13.5 Å². The van der Waals surface area contributed by atoms with Crippen LogP contribution in [0.4, 0.5) is 0 Å². The first kappa shape index (κ1) is 23.7. The van der Waals surface area contributed by atoms with E-state index >= 15 is 0 Å². The average molecular weight is 355 g/mol. The molecule has 0 aromatic heterocycles. The SMILES string of the molecule is C=CCCCOC(=O)CCCC(=O)OCCCCCCCCCCC. The number of carbonyl (C=O) groups excluding carboxylic acids is 2. The molecular formula is C21H38O4. The van der Waals surface area contributed by atoms with Gasteiger partial charge in [-0.05, 0) is 25.7 Å². The lowest BCUT2D eigenvalue weighted by Gasteiger charge is -2.06. The number of hydrogen-bond acceptors (Lipinski definition) is 4. The fourth-order valence-corrected chi connectivity index (χ4v) is 2.53. The van der Waals surface area contributed by atoms with Crippen molar-refractivity contribution in [2.24, 2.45) is 0 Å². The summed E-state index contributed by atoms with van der Waals surface area (Å²) in [6, 6.07) is 0. The van der Waals surface area contributed by atoms with Gasteiger partial charge in [-0.2, -0.15) is 0 Å². The minimum atomic E-state index is -0.240. The van der Waals surface area contributed by atoms with Crippen LogP contribution >= 0.6 is 0 Å². The zero-order valence-electron chi connectivity index (χ0n) is 16.2. The zero-order valence-corrected chi connectivity index (χ0v) is 16.2. The lowest BCUT2D eigenvalue weighted by atomic mass is 10.1. The molecule has 0 aromatic carbocycles. The first-order valence-corrected chi connectivity index (χ1v) is 10.1. The molecule has 4 heteroatoms. The first-order chi connectivity index (χ1) is 12.2. The number of carbonyl (C=O) groups is 2. The molecule has 146 valence electrons. The van der Waals surface area contributed by atoms with Crippen molar-refractivity contribution in [1.29, 1.82) is 0 Å². The normalized spacial score (nSPS) is 10.4. The summed E-state index contributed by atoms with van der Waals surface area (Å²) in [5, 5.41) is 0. The number of rotatable bonds is 18. The average Bonchev–Trinajstić information content (AvgIpc) is 2.60. The van der Waals surface area contributed by atoms with Crippen LogP contribution in [0, 0.1) is 0 Å². The summed E-state index contributed by atoms with van der Waals surface area (Å²) in [5.74, 6) is -0.449. The van der Waals surface area contributed by atoms with Crippen molar-refractivity contribution in [3.05, 3.63) is 12.7 Å². The van der Waals surface area contributed by atoms with Gasteiger partial charge >= 0.3 is 11.9 Å². The Kier molecular flexibility index (Phi) is 18.0. The fourth-order valence-electron chi connectivity index (χ4n) is 2.53. The molecule has 0 heterocycles. The Morgan fingerprint density at radius 1 is 0.720 bits per heavy atom. The van der Waals surface area contributed by atoms with Crippen molar-refractivity contribution in [2.45, 2.75) is 96.8 Å². The zero-order chi connectivity index (χ0) is 18.6. The molecule has 0 fully saturated rings. The molecule has 4 nitrogen and oxygen atoms in total. The van der Waals surface area contributed by atoms with Crippen molar-refractivity contribution < 1.29 is 19.1 Å². The lowest BCUT2D eigenvalue weighted by Crippen LogP contribution is -2.09. The number of hydrogen-bond donors (Lipinski definition) is 0. The highest BCUT2D eigenvalue weighted by molar-refractivity contribution is 5.72. The van der Waals surface area contributed by atoms with Crippen molar-refractivity contribution in [3.8, 4) is 0 Å². The fraction of sp³-hybridized carbons (Fsp3) is 0.810. The second-order valence-corrected chi connectivity index (χ2v) is 6.55. The van der Waals surface area contributed by atoms with Crippen LogP contribution in [0.5, 0.6) is 0 Å². The van der Waals surface area contributed by atoms with Gasteiger partial charge in [0.1, 0.15) is 0 Å². The van der Waals surface area contributed by atoms with Crippen LogP contribution in [0.15, 0.2) is 12.7 Å². The predicted molar refractivity (Wildman–Crippen MR) is 102 cm³/mol. The van der Waals surface area contributed by atoms with Gasteiger partial charge in [-0.15, -0.1) is 6.58 Å². The van der Waals surface area contributed by atoms with Crippen molar-refractivity contribution in [3.63, 3.8) is 0 Å². The molecule has 0 aliphatic rings. The van der Waals surface area contributed by atoms with Crippen LogP contribution in [0.1, 0.15) is 96.8 Å². The molecule has 0 bridgehead atoms. The minimum absolute atomic E-state index is 0.209. The highest BCUT2D eigenvalue weighted by atomic mass is 16.5. The molecule has 25 heavy (non-hydrogen) atoms. The summed E-state index contributed by atoms with van der Waals surface area (Å²) in [6.07, 6.45) is 15.8. The molecule has 0 radical (unpaired) electrons. The van der Waals surface area contributed by atoms with Crippen molar-refractivity contribution in [2.75, 3.05) is 13.2 Å². The molecule has 0 saturated heterocycles. The topological polar surface area (TPSA) is 52.6 Å². The van der Waals surface area contributed by atoms with E-state index in [4.69, 9.17) is 9.47 Å². The molecule has 0 rings (SSSR count). The summed E-state index contributed by atoms with van der Waals surface area (Å²) in [5.41, 5.74) is 0. The number of allylic oxidation sites excluding steroid dienone is 1. The maximum atomic E-state index is 11.6. The van der Waals surface area contributed by atoms with E-state index in [-0.39, 0.29) is 18.4 Å². The molecule has 0 N–H and O–H groups in total. The summed E-state index contributed by atoms with van der Waals surface area (Å²) >= 11 is 0. The van der Waals surface area contributed by atoms with Gasteiger partial charge in [0.05, 0.1) is 13.2 Å². The second-order valence-electron chi connectivity index (χ2n) is 6.55. The van der Waals surface area contributed by atoms with E-state index in [1.54, 1.807) is 6.08 Å². The Morgan fingerprint density at radius 3 is 1.72 bits per heavy atom. The summed E-state index contributed by atoms with van der Waals surface area (Å²) in [4.78, 5) is 23.0. The Labute approximate surface area is 154 Å². The van der Waals surface area contributed by atoms with Crippen LogP contribution in [0.2, 0.25) is 0 Å². The number of ether oxygens (including phenoxy) is 2. The Bertz CT molecular complexity index is 339. The third-order valence-electron chi connectivity index (χ3n) is 4.09. The Hall–Kier alpha value is -1.32. The predicted octanol–water partition coefficient (Wildman–Crippen LogP) is 5.74. The third-order valence-corrected chi connectivity index (χ3v) is 4.09. The van der Waals surface area contributed by atoms with Gasteiger partial charge in [-0.3, -0.25) is 9.59 Å². The quantitative estimate of drug-likeness (QED) is 0.179. The summed E-state index contributed by atoms with van der Waals surface area (Å²) in [6.45, 7) is 6.77. The van der Waals surface area contributed by atoms with Crippen LogP contribution in [0.3, 0.4) is 0 Å². The molecule has 0 atom stereocenters. The molecule has 0 amide bonds. The maximum absolute atomic E-state index is 11.6. The van der Waals surface area contributed by atoms with E-state index in [1.807, 2.05) is 0 Å². The highest BCUT2D eigenvalue weighted by Gasteiger charge is 2.07. The standard InChI is InChI=1S/C21H38O4/c1-3-5-7-8-9-10-11-12-14-19-25-21(23)17-15-16-20(22)24-18-13-6-4-2/h4H,2-3,5-19H2,1H3. The summed E-state index contributed by atoms with van der Waals surface area (Å²) < 4.78 is 10.2. The van der Waals surface area contributed by atoms with Crippen molar-refractivity contribution in [1.82, 2.24) is 0 Å². The van der Waals surface area contributed by atoms with Crippen LogP contribution in [0.25, 0.3) is 0 Å². The van der Waals surface area contributed by atoms with Gasteiger partial charge < -0.3 is 9.47 Å². The van der Waals surface area contributed by atoms with E-state index in [9.17, 15) is 9.59 Å². The molecule has 0 unspecified atom stereocenters. The molecule has 0 spiro atoms. The lowest BCUT2D eigenvalue weighted by molar-refractivity contribution is -0.145. The molecule has 0 aliphatic carbocycles. The Morgan fingerprint density at radius 2 is 1.20 bits per heavy atom. The van der Waals surface area contributed by atoms with Gasteiger partial charge in [0, 0.05) is 12.8 Å². The Balaban J connectivity index is 3.30. The van der Waals surface area contributed by atoms with E-state index in [0.717, 1.165) is 25.7 Å². The van der Waals surface area contributed by atoms with E-state index < -0.39 is 0 Å². The molecule has 0 aromatic rings. The van der Waals surface area contributed by atoms with Crippen LogP contribution < -0.4 is 0 Å². The van der Waals surface area contributed by atoms with Gasteiger partial charge in [0.25, 0.3) is 0 Å². The number of esters is 2. The summed E-state index contributed by atoms with van der Waals surface area (Å²) in [7, 11) is 0. The van der Waals surface area contributed by atoms with Gasteiger partial charge in [0.15, 0.2) is 0 Å². The largest absolute Gasteiger partial charge is 0.466 e. The third kappa shape index (κ3) is 18.9. The monoisotopic (exact) mass is 354 g/mol. The molecular weight excluding hydrogens is 316 g/mol.